The van der Waals surface area contributed by atoms with Gasteiger partial charge in [-0.05, 0) is 32.2 Å². The van der Waals surface area contributed by atoms with E-state index in [1.54, 1.807) is 0 Å². The van der Waals surface area contributed by atoms with Crippen molar-refractivity contribution >= 4 is 5.91 Å². The Balaban J connectivity index is 1.83. The van der Waals surface area contributed by atoms with E-state index in [1.807, 2.05) is 4.90 Å². The molecule has 0 aromatic heterocycles. The number of hydrogen-bond donors (Lipinski definition) is 1. The molecule has 2 rings (SSSR count). The molecule has 0 aromatic carbocycles. The lowest BCUT2D eigenvalue weighted by Gasteiger charge is -2.35. The quantitative estimate of drug-likeness (QED) is 0.789. The van der Waals surface area contributed by atoms with E-state index in [0.717, 1.165) is 52.2 Å². The van der Waals surface area contributed by atoms with Crippen molar-refractivity contribution in [2.45, 2.75) is 19.3 Å². The molecule has 19 heavy (non-hydrogen) atoms. The second kappa shape index (κ2) is 7.22. The zero-order chi connectivity index (χ0) is 13.7. The largest absolute Gasteiger partial charge is 0.381 e. The van der Waals surface area contributed by atoms with Gasteiger partial charge >= 0.3 is 0 Å². The van der Waals surface area contributed by atoms with Crippen molar-refractivity contribution in [2.75, 3.05) is 53.0 Å². The second-order valence-electron chi connectivity index (χ2n) is 5.88. The number of nitrogens with two attached hydrogens (primary N) is 1. The zero-order valence-corrected chi connectivity index (χ0v) is 12.0. The minimum Gasteiger partial charge on any atom is -0.381 e. The SMILES string of the molecule is CN1CCN(C(=O)C(CN)CC2CCCOC2)CC1. The molecule has 5 heteroatoms. The standard InChI is InChI=1S/C14H27N3O2/c1-16-4-6-17(7-5-16)14(18)13(10-15)9-12-3-2-8-19-11-12/h12-13H,2-11,15H2,1H3. The van der Waals surface area contributed by atoms with Crippen molar-refractivity contribution in [1.82, 2.24) is 9.80 Å². The van der Waals surface area contributed by atoms with Gasteiger partial charge in [-0.3, -0.25) is 4.79 Å². The van der Waals surface area contributed by atoms with Crippen LogP contribution < -0.4 is 5.73 Å². The van der Waals surface area contributed by atoms with Crippen LogP contribution in [0.5, 0.6) is 0 Å². The summed E-state index contributed by atoms with van der Waals surface area (Å²) in [6.07, 6.45) is 3.18. The summed E-state index contributed by atoms with van der Waals surface area (Å²) >= 11 is 0. The van der Waals surface area contributed by atoms with E-state index < -0.39 is 0 Å². The maximum atomic E-state index is 12.5. The number of carbonyl (C=O) groups is 1. The highest BCUT2D eigenvalue weighted by molar-refractivity contribution is 5.79. The Kier molecular flexibility index (Phi) is 5.60. The average Bonchev–Trinajstić information content (AvgIpc) is 2.46. The molecule has 0 aliphatic carbocycles. The first kappa shape index (κ1) is 14.8. The van der Waals surface area contributed by atoms with Gasteiger partial charge in [0.1, 0.15) is 0 Å². The van der Waals surface area contributed by atoms with Crippen molar-refractivity contribution in [3.8, 4) is 0 Å². The molecule has 0 bridgehead atoms. The third kappa shape index (κ3) is 4.16. The van der Waals surface area contributed by atoms with Crippen LogP contribution in [-0.4, -0.2) is 68.7 Å². The number of hydrogen-bond acceptors (Lipinski definition) is 4. The van der Waals surface area contributed by atoms with Gasteiger partial charge in [0.25, 0.3) is 0 Å². The highest BCUT2D eigenvalue weighted by Gasteiger charge is 2.28. The van der Waals surface area contributed by atoms with Crippen molar-refractivity contribution in [3.63, 3.8) is 0 Å². The van der Waals surface area contributed by atoms with Gasteiger partial charge in [0.05, 0.1) is 5.92 Å². The first-order chi connectivity index (χ1) is 9.20. The van der Waals surface area contributed by atoms with Gasteiger partial charge in [0, 0.05) is 45.9 Å². The Labute approximate surface area is 116 Å². The Morgan fingerprint density at radius 1 is 1.37 bits per heavy atom. The molecule has 2 saturated heterocycles. The van der Waals surface area contributed by atoms with Crippen LogP contribution >= 0.6 is 0 Å². The zero-order valence-electron chi connectivity index (χ0n) is 12.0. The number of ether oxygens (including phenoxy) is 1. The number of carbonyl (C=O) groups excluding carboxylic acids is 1. The Morgan fingerprint density at radius 3 is 2.68 bits per heavy atom. The van der Waals surface area contributed by atoms with Crippen LogP contribution in [0.2, 0.25) is 0 Å². The molecule has 0 aromatic rings. The molecule has 5 nitrogen and oxygen atoms in total. The topological polar surface area (TPSA) is 58.8 Å². The molecule has 0 radical (unpaired) electrons. The van der Waals surface area contributed by atoms with Crippen molar-refractivity contribution in [1.29, 1.82) is 0 Å². The summed E-state index contributed by atoms with van der Waals surface area (Å²) in [7, 11) is 2.10. The summed E-state index contributed by atoms with van der Waals surface area (Å²) < 4.78 is 5.49. The van der Waals surface area contributed by atoms with Crippen LogP contribution in [0.3, 0.4) is 0 Å². The molecular formula is C14H27N3O2. The summed E-state index contributed by atoms with van der Waals surface area (Å²) in [5, 5.41) is 0. The number of likely N-dealkylation sites (N-methyl/N-ethyl adjacent to an activating group) is 1. The van der Waals surface area contributed by atoms with Gasteiger partial charge < -0.3 is 20.3 Å². The van der Waals surface area contributed by atoms with E-state index >= 15 is 0 Å². The predicted molar refractivity (Wildman–Crippen MR) is 74.8 cm³/mol. The van der Waals surface area contributed by atoms with Crippen LogP contribution in [-0.2, 0) is 9.53 Å². The molecule has 2 heterocycles. The molecule has 2 aliphatic heterocycles. The molecule has 110 valence electrons. The minimum atomic E-state index is -0.0184. The van der Waals surface area contributed by atoms with Gasteiger partial charge in [-0.25, -0.2) is 0 Å². The van der Waals surface area contributed by atoms with E-state index in [0.29, 0.717) is 12.5 Å². The first-order valence-corrected chi connectivity index (χ1v) is 7.46. The molecule has 2 N–H and O–H groups in total. The fraction of sp³-hybridized carbons (Fsp3) is 0.929. The Hall–Kier alpha value is -0.650. The molecule has 2 atom stereocenters. The van der Waals surface area contributed by atoms with Gasteiger partial charge in [0.15, 0.2) is 0 Å². The fourth-order valence-corrected chi connectivity index (χ4v) is 2.98. The van der Waals surface area contributed by atoms with Crippen molar-refractivity contribution in [3.05, 3.63) is 0 Å². The third-order valence-electron chi connectivity index (χ3n) is 4.32. The summed E-state index contributed by atoms with van der Waals surface area (Å²) in [5.74, 6) is 0.745. The average molecular weight is 269 g/mol. The van der Waals surface area contributed by atoms with Gasteiger partial charge in [-0.15, -0.1) is 0 Å². The lowest BCUT2D eigenvalue weighted by Crippen LogP contribution is -2.50. The minimum absolute atomic E-state index is 0.0184. The van der Waals surface area contributed by atoms with Gasteiger partial charge in [-0.2, -0.15) is 0 Å². The van der Waals surface area contributed by atoms with Crippen LogP contribution in [0.15, 0.2) is 0 Å². The van der Waals surface area contributed by atoms with Gasteiger partial charge in [-0.1, -0.05) is 0 Å². The van der Waals surface area contributed by atoms with Crippen LogP contribution in [0.1, 0.15) is 19.3 Å². The molecule has 2 fully saturated rings. The molecular weight excluding hydrogens is 242 g/mol. The van der Waals surface area contributed by atoms with Crippen LogP contribution in [0.4, 0.5) is 0 Å². The van der Waals surface area contributed by atoms with Crippen molar-refractivity contribution < 1.29 is 9.53 Å². The predicted octanol–water partition coefficient (Wildman–Crippen LogP) is 0.152. The van der Waals surface area contributed by atoms with Crippen LogP contribution in [0, 0.1) is 11.8 Å². The molecule has 0 saturated carbocycles. The Bertz CT molecular complexity index is 284. The van der Waals surface area contributed by atoms with E-state index in [9.17, 15) is 4.79 Å². The number of amides is 1. The van der Waals surface area contributed by atoms with Gasteiger partial charge in [0.2, 0.25) is 5.91 Å². The summed E-state index contributed by atoms with van der Waals surface area (Å²) in [6.45, 7) is 5.75. The smallest absolute Gasteiger partial charge is 0.227 e. The summed E-state index contributed by atoms with van der Waals surface area (Å²) in [5.41, 5.74) is 5.83. The fourth-order valence-electron chi connectivity index (χ4n) is 2.98. The third-order valence-corrected chi connectivity index (χ3v) is 4.32. The van der Waals surface area contributed by atoms with Crippen LogP contribution in [0.25, 0.3) is 0 Å². The number of rotatable bonds is 4. The second-order valence-corrected chi connectivity index (χ2v) is 5.88. The Morgan fingerprint density at radius 2 is 2.11 bits per heavy atom. The van der Waals surface area contributed by atoms with E-state index in [-0.39, 0.29) is 11.8 Å². The highest BCUT2D eigenvalue weighted by Crippen LogP contribution is 2.23. The monoisotopic (exact) mass is 269 g/mol. The number of nitrogens with zero attached hydrogens (tertiary/aromatic N) is 2. The normalized spacial score (nSPS) is 27.3. The maximum Gasteiger partial charge on any atom is 0.227 e. The molecule has 2 aliphatic rings. The molecule has 0 spiro atoms. The maximum absolute atomic E-state index is 12.5. The lowest BCUT2D eigenvalue weighted by molar-refractivity contribution is -0.137. The highest BCUT2D eigenvalue weighted by atomic mass is 16.5. The van der Waals surface area contributed by atoms with E-state index in [2.05, 4.69) is 11.9 Å². The van der Waals surface area contributed by atoms with Crippen molar-refractivity contribution in [2.24, 2.45) is 17.6 Å². The van der Waals surface area contributed by atoms with E-state index in [1.165, 1.54) is 6.42 Å². The lowest BCUT2D eigenvalue weighted by atomic mass is 9.89. The summed E-state index contributed by atoms with van der Waals surface area (Å²) in [6, 6.07) is 0. The summed E-state index contributed by atoms with van der Waals surface area (Å²) in [4.78, 5) is 16.7. The first-order valence-electron chi connectivity index (χ1n) is 7.46. The van der Waals surface area contributed by atoms with E-state index in [4.69, 9.17) is 10.5 Å². The number of piperazine rings is 1. The molecule has 1 amide bonds. The molecule has 2 unspecified atom stereocenters.